The molecule has 37 heavy (non-hydrogen) atoms. The fraction of sp³-hybridized carbons (Fsp3) is 0.226. The molecule has 186 valence electrons. The molecule has 0 unspecified atom stereocenters. The number of thiazole rings is 1. The first-order valence-corrected chi connectivity index (χ1v) is 13.4. The zero-order valence-corrected chi connectivity index (χ0v) is 21.6. The Bertz CT molecular complexity index is 1740. The first-order chi connectivity index (χ1) is 18.0. The van der Waals surface area contributed by atoms with E-state index in [1.54, 1.807) is 6.07 Å². The molecule has 5 aromatic rings. The van der Waals surface area contributed by atoms with Crippen molar-refractivity contribution in [3.8, 4) is 16.2 Å². The van der Waals surface area contributed by atoms with Gasteiger partial charge in [-0.05, 0) is 95.8 Å². The lowest BCUT2D eigenvalue weighted by Gasteiger charge is -2.13. The van der Waals surface area contributed by atoms with Crippen molar-refractivity contribution in [2.45, 2.75) is 39.0 Å². The molecule has 6 rings (SSSR count). The Labute approximate surface area is 218 Å². The molecule has 2 heterocycles. The Morgan fingerprint density at radius 1 is 1.05 bits per heavy atom. The number of rotatable bonds is 7. The lowest BCUT2D eigenvalue weighted by Crippen LogP contribution is -2.19. The number of pyridine rings is 1. The number of aromatic carboxylic acids is 1. The van der Waals surface area contributed by atoms with E-state index in [-0.39, 0.29) is 11.3 Å². The van der Waals surface area contributed by atoms with Crippen LogP contribution >= 0.6 is 11.3 Å². The van der Waals surface area contributed by atoms with E-state index in [4.69, 9.17) is 4.74 Å². The van der Waals surface area contributed by atoms with Crippen LogP contribution in [0.5, 0.6) is 5.75 Å². The summed E-state index contributed by atoms with van der Waals surface area (Å²) < 4.78 is 7.10. The predicted molar refractivity (Wildman–Crippen MR) is 149 cm³/mol. The molecule has 3 aromatic carbocycles. The standard InChI is InChI=1S/C31H27NO4S/c1-3-36-25-14-13-22(15-18(25)2)29-28(31(34)35)32-26(33)17-23(27(20-11-12-20)30(32)37-29)16-21-9-6-8-19-7-4-5-10-24(19)21/h4-10,13-15,17,20H,3,11-12,16H2,1-2H3,(H,34,35). The van der Waals surface area contributed by atoms with Gasteiger partial charge in [-0.15, -0.1) is 11.3 Å². The number of hydrogen-bond donors (Lipinski definition) is 1. The second-order valence-corrected chi connectivity index (χ2v) is 10.6. The van der Waals surface area contributed by atoms with Gasteiger partial charge in [-0.1, -0.05) is 42.5 Å². The summed E-state index contributed by atoms with van der Waals surface area (Å²) >= 11 is 1.41. The van der Waals surface area contributed by atoms with Gasteiger partial charge in [0.1, 0.15) is 10.6 Å². The molecule has 2 aromatic heterocycles. The van der Waals surface area contributed by atoms with Gasteiger partial charge >= 0.3 is 5.97 Å². The van der Waals surface area contributed by atoms with Crippen molar-refractivity contribution in [2.75, 3.05) is 6.61 Å². The summed E-state index contributed by atoms with van der Waals surface area (Å²) in [5, 5.41) is 12.6. The van der Waals surface area contributed by atoms with E-state index in [2.05, 4.69) is 30.3 Å². The molecular weight excluding hydrogens is 482 g/mol. The molecule has 0 radical (unpaired) electrons. The maximum absolute atomic E-state index is 13.5. The van der Waals surface area contributed by atoms with Crippen LogP contribution in [-0.2, 0) is 6.42 Å². The molecule has 0 bridgehead atoms. The number of carbonyl (C=O) groups is 1. The molecule has 6 heteroatoms. The highest BCUT2D eigenvalue weighted by Gasteiger charge is 2.32. The summed E-state index contributed by atoms with van der Waals surface area (Å²) in [5.74, 6) is 0.0201. The van der Waals surface area contributed by atoms with Crippen molar-refractivity contribution in [1.82, 2.24) is 4.40 Å². The minimum Gasteiger partial charge on any atom is -0.494 e. The molecule has 0 saturated heterocycles. The van der Waals surface area contributed by atoms with Gasteiger partial charge in [0.25, 0.3) is 5.56 Å². The van der Waals surface area contributed by atoms with Gasteiger partial charge in [0.2, 0.25) is 0 Å². The Balaban J connectivity index is 1.57. The number of hydrogen-bond acceptors (Lipinski definition) is 4. The first kappa shape index (κ1) is 23.5. The quantitative estimate of drug-likeness (QED) is 0.255. The lowest BCUT2D eigenvalue weighted by atomic mass is 9.95. The van der Waals surface area contributed by atoms with Gasteiger partial charge < -0.3 is 9.84 Å². The smallest absolute Gasteiger partial charge is 0.354 e. The van der Waals surface area contributed by atoms with Gasteiger partial charge in [0.05, 0.1) is 11.5 Å². The van der Waals surface area contributed by atoms with Crippen LogP contribution in [0.2, 0.25) is 0 Å². The number of benzene rings is 3. The average molecular weight is 510 g/mol. The molecule has 0 atom stereocenters. The molecule has 1 saturated carbocycles. The first-order valence-electron chi connectivity index (χ1n) is 12.6. The topological polar surface area (TPSA) is 68.0 Å². The van der Waals surface area contributed by atoms with Crippen LogP contribution < -0.4 is 10.3 Å². The van der Waals surface area contributed by atoms with Crippen molar-refractivity contribution >= 4 is 32.9 Å². The summed E-state index contributed by atoms with van der Waals surface area (Å²) in [5.41, 5.74) is 4.74. The maximum Gasteiger partial charge on any atom is 0.354 e. The van der Waals surface area contributed by atoms with E-state index in [1.165, 1.54) is 32.1 Å². The highest BCUT2D eigenvalue weighted by atomic mass is 32.1. The van der Waals surface area contributed by atoms with E-state index in [0.717, 1.165) is 45.7 Å². The summed E-state index contributed by atoms with van der Waals surface area (Å²) in [7, 11) is 0. The number of aryl methyl sites for hydroxylation is 1. The van der Waals surface area contributed by atoms with Gasteiger partial charge in [-0.3, -0.25) is 9.20 Å². The van der Waals surface area contributed by atoms with Gasteiger partial charge in [-0.2, -0.15) is 0 Å². The predicted octanol–water partition coefficient (Wildman–Crippen LogP) is 7.05. The second-order valence-electron chi connectivity index (χ2n) is 9.65. The van der Waals surface area contributed by atoms with E-state index in [1.807, 2.05) is 44.2 Å². The number of nitrogens with zero attached hydrogens (tertiary/aromatic N) is 1. The van der Waals surface area contributed by atoms with Crippen molar-refractivity contribution in [3.63, 3.8) is 0 Å². The van der Waals surface area contributed by atoms with Crippen LogP contribution in [0.4, 0.5) is 0 Å². The zero-order valence-electron chi connectivity index (χ0n) is 20.8. The highest BCUT2D eigenvalue weighted by Crippen LogP contribution is 2.47. The largest absolute Gasteiger partial charge is 0.494 e. The number of fused-ring (bicyclic) bond motifs is 2. The number of carboxylic acid groups (broad SMARTS) is 1. The van der Waals surface area contributed by atoms with Crippen LogP contribution in [0.25, 0.3) is 26.0 Å². The molecule has 1 aliphatic carbocycles. The zero-order chi connectivity index (χ0) is 25.7. The lowest BCUT2D eigenvalue weighted by molar-refractivity contribution is 0.0690. The van der Waals surface area contributed by atoms with Crippen molar-refractivity contribution in [2.24, 2.45) is 0 Å². The summed E-state index contributed by atoms with van der Waals surface area (Å²) in [6.45, 7) is 4.44. The molecule has 0 aliphatic heterocycles. The van der Waals surface area contributed by atoms with Gasteiger partial charge in [-0.25, -0.2) is 4.79 Å². The minimum absolute atomic E-state index is 0.0344. The van der Waals surface area contributed by atoms with Crippen molar-refractivity contribution in [3.05, 3.63) is 105 Å². The Hall–Kier alpha value is -3.90. The van der Waals surface area contributed by atoms with Crippen LogP contribution in [0.1, 0.15) is 58.4 Å². The maximum atomic E-state index is 13.5. The third-order valence-electron chi connectivity index (χ3n) is 7.12. The monoisotopic (exact) mass is 509 g/mol. The fourth-order valence-electron chi connectivity index (χ4n) is 5.31. The molecule has 5 nitrogen and oxygen atoms in total. The van der Waals surface area contributed by atoms with Crippen molar-refractivity contribution < 1.29 is 14.6 Å². The van der Waals surface area contributed by atoms with Crippen LogP contribution in [-0.4, -0.2) is 22.1 Å². The Morgan fingerprint density at radius 3 is 2.57 bits per heavy atom. The van der Waals surface area contributed by atoms with Crippen LogP contribution in [0.3, 0.4) is 0 Å². The summed E-state index contributed by atoms with van der Waals surface area (Å²) in [4.78, 5) is 27.4. The van der Waals surface area contributed by atoms with Crippen LogP contribution in [0, 0.1) is 6.92 Å². The Morgan fingerprint density at radius 2 is 1.84 bits per heavy atom. The summed E-state index contributed by atoms with van der Waals surface area (Å²) in [6, 6.07) is 21.9. The van der Waals surface area contributed by atoms with Crippen LogP contribution in [0.15, 0.2) is 71.5 Å². The molecular formula is C31H27NO4S. The molecule has 0 amide bonds. The second kappa shape index (κ2) is 9.20. The van der Waals surface area contributed by atoms with Crippen molar-refractivity contribution in [1.29, 1.82) is 0 Å². The normalized spacial score (nSPS) is 13.4. The van der Waals surface area contributed by atoms with E-state index in [0.29, 0.717) is 23.8 Å². The third kappa shape index (κ3) is 4.11. The fourth-order valence-corrected chi connectivity index (χ4v) is 6.71. The molecule has 1 N–H and O–H groups in total. The van der Waals surface area contributed by atoms with E-state index in [9.17, 15) is 14.7 Å². The number of ether oxygens (including phenoxy) is 1. The minimum atomic E-state index is -1.10. The van der Waals surface area contributed by atoms with Gasteiger partial charge in [0, 0.05) is 6.07 Å². The molecule has 1 fully saturated rings. The molecule has 1 aliphatic rings. The van der Waals surface area contributed by atoms with E-state index >= 15 is 0 Å². The number of aromatic nitrogens is 1. The Kier molecular flexibility index (Phi) is 5.84. The summed E-state index contributed by atoms with van der Waals surface area (Å²) in [6.07, 6.45) is 2.74. The highest BCUT2D eigenvalue weighted by molar-refractivity contribution is 7.21. The average Bonchev–Trinajstić information content (AvgIpc) is 3.63. The van der Waals surface area contributed by atoms with E-state index < -0.39 is 5.97 Å². The van der Waals surface area contributed by atoms with Gasteiger partial charge in [0.15, 0.2) is 5.69 Å². The third-order valence-corrected chi connectivity index (χ3v) is 8.35. The SMILES string of the molecule is CCOc1ccc(-c2sc3c(C4CC4)c(Cc4cccc5ccccc45)cc(=O)n3c2C(=O)O)cc1C. The molecule has 0 spiro atoms. The number of carboxylic acids is 1.